The van der Waals surface area contributed by atoms with E-state index in [4.69, 9.17) is 4.74 Å². The van der Waals surface area contributed by atoms with Gasteiger partial charge in [0.2, 0.25) is 0 Å². The molecule has 1 aromatic heterocycles. The molecule has 0 radical (unpaired) electrons. The Morgan fingerprint density at radius 2 is 1.76 bits per heavy atom. The summed E-state index contributed by atoms with van der Waals surface area (Å²) in [7, 11) is 1.94. The molecule has 0 fully saturated rings. The first-order valence-corrected chi connectivity index (χ1v) is 8.30. The molecule has 1 N–H and O–H groups in total. The summed E-state index contributed by atoms with van der Waals surface area (Å²) in [5.41, 5.74) is 4.11. The van der Waals surface area contributed by atoms with Crippen molar-refractivity contribution < 1.29 is 9.53 Å². The molecule has 128 valence electrons. The molecule has 0 unspecified atom stereocenters. The van der Waals surface area contributed by atoms with E-state index in [-0.39, 0.29) is 5.97 Å². The number of aromatic nitrogens is 1. The highest BCUT2D eigenvalue weighted by Gasteiger charge is 2.17. The van der Waals surface area contributed by atoms with E-state index in [1.807, 2.05) is 85.4 Å². The molecular formula is C21H22N2O2. The molecule has 0 spiro atoms. The zero-order valence-electron chi connectivity index (χ0n) is 14.7. The number of carbonyl (C=O) groups excluding carboxylic acids is 1. The van der Waals surface area contributed by atoms with Gasteiger partial charge in [-0.1, -0.05) is 48.5 Å². The summed E-state index contributed by atoms with van der Waals surface area (Å²) >= 11 is 0. The Hall–Kier alpha value is -3.01. The van der Waals surface area contributed by atoms with E-state index in [0.717, 1.165) is 22.5 Å². The van der Waals surface area contributed by atoms with Crippen molar-refractivity contribution in [1.29, 1.82) is 0 Å². The fourth-order valence-electron chi connectivity index (χ4n) is 2.72. The van der Waals surface area contributed by atoms with Gasteiger partial charge in [0.15, 0.2) is 0 Å². The lowest BCUT2D eigenvalue weighted by Gasteiger charge is -2.15. The molecule has 0 aliphatic heterocycles. The summed E-state index contributed by atoms with van der Waals surface area (Å²) in [4.78, 5) is 12.4. The summed E-state index contributed by atoms with van der Waals surface area (Å²) in [5.74, 6) is 0.234. The number of rotatable bonds is 5. The fourth-order valence-corrected chi connectivity index (χ4v) is 2.72. The number of esters is 1. The number of hydrogen-bond acceptors (Lipinski definition) is 3. The van der Waals surface area contributed by atoms with Crippen LogP contribution in [0.25, 0.3) is 11.3 Å². The van der Waals surface area contributed by atoms with Gasteiger partial charge in [0.1, 0.15) is 11.8 Å². The predicted octanol–water partition coefficient (Wildman–Crippen LogP) is 4.41. The number of carbonyl (C=O) groups is 1. The molecule has 2 aromatic carbocycles. The first-order valence-electron chi connectivity index (χ1n) is 8.30. The second kappa shape index (κ2) is 7.26. The van der Waals surface area contributed by atoms with Gasteiger partial charge in [-0.3, -0.25) is 0 Å². The van der Waals surface area contributed by atoms with Gasteiger partial charge in [-0.05, 0) is 31.0 Å². The maximum absolute atomic E-state index is 12.4. The number of anilines is 1. The molecule has 4 nitrogen and oxygen atoms in total. The molecule has 0 amide bonds. The molecule has 0 saturated carbocycles. The first kappa shape index (κ1) is 16.8. The van der Waals surface area contributed by atoms with Gasteiger partial charge in [0.05, 0.1) is 5.69 Å². The Balaban J connectivity index is 1.70. The topological polar surface area (TPSA) is 43.3 Å². The van der Waals surface area contributed by atoms with Crippen LogP contribution in [0.4, 0.5) is 5.69 Å². The lowest BCUT2D eigenvalue weighted by Crippen LogP contribution is -2.30. The van der Waals surface area contributed by atoms with Gasteiger partial charge in [0, 0.05) is 25.0 Å². The van der Waals surface area contributed by atoms with Crippen LogP contribution in [0.5, 0.6) is 5.75 Å². The molecule has 1 heterocycles. The maximum Gasteiger partial charge on any atom is 0.333 e. The van der Waals surface area contributed by atoms with Crippen LogP contribution in [0.2, 0.25) is 0 Å². The van der Waals surface area contributed by atoms with Crippen LogP contribution in [0.15, 0.2) is 66.9 Å². The van der Waals surface area contributed by atoms with Gasteiger partial charge in [0.25, 0.3) is 0 Å². The summed E-state index contributed by atoms with van der Waals surface area (Å²) in [6.07, 6.45) is 1.82. The monoisotopic (exact) mass is 334 g/mol. The van der Waals surface area contributed by atoms with E-state index in [1.165, 1.54) is 0 Å². The Morgan fingerprint density at radius 1 is 1.08 bits per heavy atom. The zero-order valence-corrected chi connectivity index (χ0v) is 14.7. The number of para-hydroxylation sites is 1. The molecule has 0 bridgehead atoms. The van der Waals surface area contributed by atoms with Crippen LogP contribution in [0.3, 0.4) is 0 Å². The molecule has 0 aliphatic carbocycles. The maximum atomic E-state index is 12.4. The van der Waals surface area contributed by atoms with Crippen LogP contribution in [-0.4, -0.2) is 16.6 Å². The van der Waals surface area contributed by atoms with E-state index >= 15 is 0 Å². The second-order valence-electron chi connectivity index (χ2n) is 6.14. The molecule has 4 heteroatoms. The highest BCUT2D eigenvalue weighted by molar-refractivity contribution is 5.81. The van der Waals surface area contributed by atoms with Crippen molar-refractivity contribution in [3.05, 3.63) is 72.4 Å². The number of nitrogens with zero attached hydrogens (tertiary/aromatic N) is 1. The lowest BCUT2D eigenvalue weighted by atomic mass is 10.1. The number of ether oxygens (including phenoxy) is 1. The SMILES string of the molecule is Cc1ccccc1N[C@@H](C)C(=O)Oc1cc(-c2ccccc2)n(C)c1. The highest BCUT2D eigenvalue weighted by Crippen LogP contribution is 2.26. The number of aryl methyl sites for hydroxylation is 2. The number of hydrogen-bond donors (Lipinski definition) is 1. The Bertz CT molecular complexity index is 869. The van der Waals surface area contributed by atoms with Gasteiger partial charge in [-0.25, -0.2) is 4.79 Å². The van der Waals surface area contributed by atoms with E-state index in [0.29, 0.717) is 5.75 Å². The van der Waals surface area contributed by atoms with Crippen molar-refractivity contribution in [1.82, 2.24) is 4.57 Å². The van der Waals surface area contributed by atoms with Crippen LogP contribution in [-0.2, 0) is 11.8 Å². The van der Waals surface area contributed by atoms with Crippen molar-refractivity contribution >= 4 is 11.7 Å². The van der Waals surface area contributed by atoms with Crippen LogP contribution < -0.4 is 10.1 Å². The molecule has 25 heavy (non-hydrogen) atoms. The highest BCUT2D eigenvalue weighted by atomic mass is 16.5. The number of nitrogens with one attached hydrogen (secondary N) is 1. The van der Waals surface area contributed by atoms with E-state index < -0.39 is 6.04 Å². The van der Waals surface area contributed by atoms with Crippen LogP contribution >= 0.6 is 0 Å². The average Bonchev–Trinajstić information content (AvgIpc) is 2.98. The third kappa shape index (κ3) is 3.91. The van der Waals surface area contributed by atoms with Crippen LogP contribution in [0, 0.1) is 6.92 Å². The minimum Gasteiger partial charge on any atom is -0.423 e. The largest absolute Gasteiger partial charge is 0.423 e. The Labute approximate surface area is 148 Å². The fraction of sp³-hybridized carbons (Fsp3) is 0.190. The van der Waals surface area contributed by atoms with Crippen molar-refractivity contribution in [3.8, 4) is 17.0 Å². The minimum absolute atomic E-state index is 0.312. The van der Waals surface area contributed by atoms with Gasteiger partial charge in [-0.15, -0.1) is 0 Å². The molecular weight excluding hydrogens is 312 g/mol. The number of benzene rings is 2. The lowest BCUT2D eigenvalue weighted by molar-refractivity contribution is -0.134. The third-order valence-electron chi connectivity index (χ3n) is 4.14. The minimum atomic E-state index is -0.443. The molecule has 0 saturated heterocycles. The molecule has 1 atom stereocenters. The zero-order chi connectivity index (χ0) is 17.8. The molecule has 3 aromatic rings. The van der Waals surface area contributed by atoms with Gasteiger partial charge in [-0.2, -0.15) is 0 Å². The van der Waals surface area contributed by atoms with Crippen molar-refractivity contribution in [2.75, 3.05) is 5.32 Å². The summed E-state index contributed by atoms with van der Waals surface area (Å²) in [5, 5.41) is 3.20. The second-order valence-corrected chi connectivity index (χ2v) is 6.14. The summed E-state index contributed by atoms with van der Waals surface area (Å²) in [6, 6.07) is 19.3. The Morgan fingerprint density at radius 3 is 2.48 bits per heavy atom. The normalized spacial score (nSPS) is 11.8. The molecule has 0 aliphatic rings. The van der Waals surface area contributed by atoms with Crippen molar-refractivity contribution in [2.45, 2.75) is 19.9 Å². The van der Waals surface area contributed by atoms with Gasteiger partial charge < -0.3 is 14.6 Å². The van der Waals surface area contributed by atoms with E-state index in [1.54, 1.807) is 6.92 Å². The first-order chi connectivity index (χ1) is 12.0. The van der Waals surface area contributed by atoms with E-state index in [2.05, 4.69) is 5.32 Å². The van der Waals surface area contributed by atoms with Gasteiger partial charge >= 0.3 is 5.97 Å². The standard InChI is InChI=1S/C21H22N2O2/c1-15-9-7-8-12-19(15)22-16(2)21(24)25-18-13-20(23(3)14-18)17-10-5-4-6-11-17/h4-14,16,22H,1-3H3/t16-/m0/s1. The third-order valence-corrected chi connectivity index (χ3v) is 4.14. The van der Waals surface area contributed by atoms with E-state index in [9.17, 15) is 4.79 Å². The Kier molecular flexibility index (Phi) is 4.89. The van der Waals surface area contributed by atoms with Crippen LogP contribution in [0.1, 0.15) is 12.5 Å². The summed E-state index contributed by atoms with van der Waals surface area (Å²) in [6.45, 7) is 3.81. The average molecular weight is 334 g/mol. The predicted molar refractivity (Wildman–Crippen MR) is 101 cm³/mol. The summed E-state index contributed by atoms with van der Waals surface area (Å²) < 4.78 is 7.50. The van der Waals surface area contributed by atoms with Crippen molar-refractivity contribution in [3.63, 3.8) is 0 Å². The van der Waals surface area contributed by atoms with Crippen molar-refractivity contribution in [2.24, 2.45) is 7.05 Å². The quantitative estimate of drug-likeness (QED) is 0.703. The molecule has 3 rings (SSSR count). The smallest absolute Gasteiger partial charge is 0.333 e.